The van der Waals surface area contributed by atoms with E-state index < -0.39 is 23.0 Å². The van der Waals surface area contributed by atoms with Gasteiger partial charge in [-0.15, -0.1) is 0 Å². The molecule has 32 heavy (non-hydrogen) atoms. The van der Waals surface area contributed by atoms with Crippen molar-refractivity contribution in [3.05, 3.63) is 69.8 Å². The monoisotopic (exact) mass is 438 g/mol. The van der Waals surface area contributed by atoms with Crippen molar-refractivity contribution in [3.8, 4) is 11.5 Å². The number of nitrogens with zero attached hydrogens (tertiary/aromatic N) is 1. The predicted octanol–water partition coefficient (Wildman–Crippen LogP) is 2.35. The molecule has 1 saturated heterocycles. The summed E-state index contributed by atoms with van der Waals surface area (Å²) >= 11 is 0. The van der Waals surface area contributed by atoms with E-state index in [9.17, 15) is 14.7 Å². The van der Waals surface area contributed by atoms with Crippen LogP contribution in [0.25, 0.3) is 10.8 Å². The SMILES string of the molecule is COc1ccc(C(CC(N)=O)c2oc(CN3CCOCC3)cc(=O)c2O)c2ccccc12. The number of hydrogen-bond acceptors (Lipinski definition) is 7. The largest absolute Gasteiger partial charge is 0.502 e. The lowest BCUT2D eigenvalue weighted by Gasteiger charge is -2.26. The van der Waals surface area contributed by atoms with E-state index in [1.54, 1.807) is 13.2 Å². The summed E-state index contributed by atoms with van der Waals surface area (Å²) in [6.07, 6.45) is -0.131. The molecule has 4 rings (SSSR count). The molecule has 3 N–H and O–H groups in total. The molecule has 8 heteroatoms. The van der Waals surface area contributed by atoms with Crippen LogP contribution in [-0.2, 0) is 16.1 Å². The third-order valence-electron chi connectivity index (χ3n) is 5.72. The highest BCUT2D eigenvalue weighted by molar-refractivity contribution is 5.92. The Bertz CT molecular complexity index is 1180. The summed E-state index contributed by atoms with van der Waals surface area (Å²) in [6.45, 7) is 3.05. The molecule has 0 radical (unpaired) electrons. The molecule has 2 aromatic carbocycles. The molecule has 3 aromatic rings. The summed E-state index contributed by atoms with van der Waals surface area (Å²) in [7, 11) is 1.59. The second-order valence-electron chi connectivity index (χ2n) is 7.80. The van der Waals surface area contributed by atoms with Crippen molar-refractivity contribution in [2.24, 2.45) is 5.73 Å². The zero-order valence-electron chi connectivity index (χ0n) is 17.9. The molecule has 1 unspecified atom stereocenters. The van der Waals surface area contributed by atoms with E-state index in [-0.39, 0.29) is 12.2 Å². The molecule has 1 aliphatic heterocycles. The first-order valence-electron chi connectivity index (χ1n) is 10.5. The van der Waals surface area contributed by atoms with Gasteiger partial charge in [0.05, 0.1) is 32.8 Å². The van der Waals surface area contributed by atoms with Crippen molar-refractivity contribution in [1.29, 1.82) is 0 Å². The third kappa shape index (κ3) is 4.46. The molecule has 0 spiro atoms. The molecule has 0 aliphatic carbocycles. The van der Waals surface area contributed by atoms with Crippen LogP contribution in [0.2, 0.25) is 0 Å². The van der Waals surface area contributed by atoms with Gasteiger partial charge < -0.3 is 24.7 Å². The average molecular weight is 438 g/mol. The van der Waals surface area contributed by atoms with Crippen LogP contribution in [0.3, 0.4) is 0 Å². The van der Waals surface area contributed by atoms with Gasteiger partial charge in [0.2, 0.25) is 17.1 Å². The molecule has 0 saturated carbocycles. The number of morpholine rings is 1. The first-order chi connectivity index (χ1) is 15.5. The summed E-state index contributed by atoms with van der Waals surface area (Å²) in [4.78, 5) is 26.7. The van der Waals surface area contributed by atoms with Gasteiger partial charge in [-0.2, -0.15) is 0 Å². The standard InChI is InChI=1S/C24H26N2O6/c1-30-21-7-6-17(16-4-2-3-5-18(16)21)19(13-22(25)28)24-23(29)20(27)12-15(32-24)14-26-8-10-31-11-9-26/h2-7,12,19,29H,8-11,13-14H2,1H3,(H2,25,28). The van der Waals surface area contributed by atoms with Gasteiger partial charge in [-0.05, 0) is 17.0 Å². The fourth-order valence-corrected chi connectivity index (χ4v) is 4.17. The minimum absolute atomic E-state index is 0.0369. The molecule has 1 aromatic heterocycles. The van der Waals surface area contributed by atoms with Crippen LogP contribution in [0.1, 0.15) is 29.4 Å². The van der Waals surface area contributed by atoms with Gasteiger partial charge in [0, 0.05) is 31.0 Å². The predicted molar refractivity (Wildman–Crippen MR) is 119 cm³/mol. The van der Waals surface area contributed by atoms with Crippen molar-refractivity contribution >= 4 is 16.7 Å². The van der Waals surface area contributed by atoms with Crippen LogP contribution in [0.4, 0.5) is 0 Å². The Labute approximate surface area is 185 Å². The minimum atomic E-state index is -0.736. The lowest BCUT2D eigenvalue weighted by molar-refractivity contribution is -0.118. The van der Waals surface area contributed by atoms with Crippen molar-refractivity contribution in [3.63, 3.8) is 0 Å². The Hall–Kier alpha value is -3.36. The number of fused-ring (bicyclic) bond motifs is 1. The van der Waals surface area contributed by atoms with Gasteiger partial charge in [-0.25, -0.2) is 0 Å². The normalized spacial score (nSPS) is 15.5. The average Bonchev–Trinajstić information content (AvgIpc) is 2.80. The van der Waals surface area contributed by atoms with E-state index >= 15 is 0 Å². The number of carbonyl (C=O) groups excluding carboxylic acids is 1. The molecule has 2 heterocycles. The van der Waals surface area contributed by atoms with E-state index in [1.165, 1.54) is 6.07 Å². The van der Waals surface area contributed by atoms with Crippen molar-refractivity contribution in [1.82, 2.24) is 4.90 Å². The van der Waals surface area contributed by atoms with E-state index in [0.29, 0.717) is 49.9 Å². The first-order valence-corrected chi connectivity index (χ1v) is 10.5. The second-order valence-corrected chi connectivity index (χ2v) is 7.80. The highest BCUT2D eigenvalue weighted by Crippen LogP contribution is 2.39. The summed E-state index contributed by atoms with van der Waals surface area (Å²) in [6, 6.07) is 12.5. The molecule has 8 nitrogen and oxygen atoms in total. The van der Waals surface area contributed by atoms with Crippen LogP contribution < -0.4 is 15.9 Å². The van der Waals surface area contributed by atoms with E-state index in [2.05, 4.69) is 4.90 Å². The van der Waals surface area contributed by atoms with Crippen LogP contribution in [0.5, 0.6) is 11.5 Å². The number of rotatable bonds is 7. The molecular formula is C24H26N2O6. The van der Waals surface area contributed by atoms with E-state index in [0.717, 1.165) is 10.8 Å². The smallest absolute Gasteiger partial charge is 0.227 e. The maximum absolute atomic E-state index is 12.6. The number of methoxy groups -OCH3 is 1. The summed E-state index contributed by atoms with van der Waals surface area (Å²) < 4.78 is 16.9. The quantitative estimate of drug-likeness (QED) is 0.582. The number of aromatic hydroxyl groups is 1. The Morgan fingerprint density at radius 1 is 1.19 bits per heavy atom. The molecular weight excluding hydrogens is 412 g/mol. The number of ether oxygens (including phenoxy) is 2. The molecule has 1 amide bonds. The summed E-state index contributed by atoms with van der Waals surface area (Å²) in [5.74, 6) is -0.696. The van der Waals surface area contributed by atoms with Crippen LogP contribution in [-0.4, -0.2) is 49.3 Å². The van der Waals surface area contributed by atoms with Gasteiger partial charge in [0.1, 0.15) is 11.5 Å². The maximum atomic E-state index is 12.6. The number of nitrogens with two attached hydrogens (primary N) is 1. The number of amides is 1. The number of hydrogen-bond donors (Lipinski definition) is 2. The molecule has 1 atom stereocenters. The highest BCUT2D eigenvalue weighted by atomic mass is 16.5. The Morgan fingerprint density at radius 2 is 1.91 bits per heavy atom. The zero-order chi connectivity index (χ0) is 22.7. The van der Waals surface area contributed by atoms with Crippen LogP contribution >= 0.6 is 0 Å². The number of benzene rings is 2. The molecule has 0 bridgehead atoms. The fraction of sp³-hybridized carbons (Fsp3) is 0.333. The Kier molecular flexibility index (Phi) is 6.43. The van der Waals surface area contributed by atoms with Crippen LogP contribution in [0.15, 0.2) is 51.7 Å². The maximum Gasteiger partial charge on any atom is 0.227 e. The van der Waals surface area contributed by atoms with E-state index in [4.69, 9.17) is 19.6 Å². The number of carbonyl (C=O) groups is 1. The van der Waals surface area contributed by atoms with Crippen molar-refractivity contribution in [2.45, 2.75) is 18.9 Å². The highest BCUT2D eigenvalue weighted by Gasteiger charge is 2.27. The van der Waals surface area contributed by atoms with Crippen molar-refractivity contribution in [2.75, 3.05) is 33.4 Å². The van der Waals surface area contributed by atoms with Gasteiger partial charge >= 0.3 is 0 Å². The van der Waals surface area contributed by atoms with Gasteiger partial charge in [-0.1, -0.05) is 30.3 Å². The van der Waals surface area contributed by atoms with Crippen molar-refractivity contribution < 1.29 is 23.8 Å². The number of primary amides is 1. The van der Waals surface area contributed by atoms with Gasteiger partial charge in [-0.3, -0.25) is 14.5 Å². The van der Waals surface area contributed by atoms with Gasteiger partial charge in [0.25, 0.3) is 0 Å². The fourth-order valence-electron chi connectivity index (χ4n) is 4.17. The summed E-state index contributed by atoms with van der Waals surface area (Å²) in [5, 5.41) is 12.3. The topological polar surface area (TPSA) is 115 Å². The zero-order valence-corrected chi connectivity index (χ0v) is 17.9. The van der Waals surface area contributed by atoms with Crippen LogP contribution in [0, 0.1) is 0 Å². The second kappa shape index (κ2) is 9.42. The first kappa shape index (κ1) is 21.9. The molecule has 1 aliphatic rings. The minimum Gasteiger partial charge on any atom is -0.502 e. The van der Waals surface area contributed by atoms with E-state index in [1.807, 2.05) is 30.3 Å². The molecule has 1 fully saturated rings. The lowest BCUT2D eigenvalue weighted by atomic mass is 9.88. The lowest BCUT2D eigenvalue weighted by Crippen LogP contribution is -2.35. The molecule has 168 valence electrons. The Morgan fingerprint density at radius 3 is 2.59 bits per heavy atom. The summed E-state index contributed by atoms with van der Waals surface area (Å²) in [5.41, 5.74) is 5.71. The Balaban J connectivity index is 1.83. The third-order valence-corrected chi connectivity index (χ3v) is 5.72. The van der Waals surface area contributed by atoms with Gasteiger partial charge in [0.15, 0.2) is 5.76 Å².